The fraction of sp³-hybridized carbons (Fsp3) is 0.0833. The summed E-state index contributed by atoms with van der Waals surface area (Å²) in [5.41, 5.74) is 6.22. The number of hydrogen-bond acceptors (Lipinski definition) is 2. The van der Waals surface area contributed by atoms with Crippen molar-refractivity contribution >= 4 is 11.6 Å². The van der Waals surface area contributed by atoms with Crippen LogP contribution in [0.15, 0.2) is 54.7 Å². The van der Waals surface area contributed by atoms with Crippen LogP contribution in [-0.4, -0.2) is 4.98 Å². The maximum Gasteiger partial charge on any atom is 0.0539 e. The lowest BCUT2D eigenvalue weighted by molar-refractivity contribution is 0.991. The number of nitrogens with zero attached hydrogens (tertiary/aromatic N) is 1. The molecular formula is C12H13ClN2. The number of pyridine rings is 1. The van der Waals surface area contributed by atoms with E-state index in [4.69, 9.17) is 17.3 Å². The van der Waals surface area contributed by atoms with Crippen LogP contribution in [0.5, 0.6) is 0 Å². The molecule has 0 aliphatic heterocycles. The number of benzene rings is 1. The van der Waals surface area contributed by atoms with Crippen LogP contribution in [0.3, 0.4) is 0 Å². The van der Waals surface area contributed by atoms with E-state index in [9.17, 15) is 0 Å². The predicted octanol–water partition coefficient (Wildman–Crippen LogP) is 2.88. The Bertz CT molecular complexity index is 362. The van der Waals surface area contributed by atoms with Gasteiger partial charge in [0.15, 0.2) is 0 Å². The second-order valence-corrected chi connectivity index (χ2v) is 3.26. The number of rotatable bonds is 1. The summed E-state index contributed by atoms with van der Waals surface area (Å²) in [6.07, 6.45) is 1.74. The summed E-state index contributed by atoms with van der Waals surface area (Å²) in [5.74, 6) is 0. The molecule has 2 N–H and O–H groups in total. The van der Waals surface area contributed by atoms with Crippen molar-refractivity contribution in [2.45, 2.75) is 6.54 Å². The second-order valence-electron chi connectivity index (χ2n) is 2.82. The third kappa shape index (κ3) is 5.15. The molecule has 0 fully saturated rings. The van der Waals surface area contributed by atoms with Crippen molar-refractivity contribution in [3.63, 3.8) is 0 Å². The quantitative estimate of drug-likeness (QED) is 0.803. The Morgan fingerprint density at radius 2 is 1.67 bits per heavy atom. The first-order valence-corrected chi connectivity index (χ1v) is 5.01. The van der Waals surface area contributed by atoms with E-state index in [1.165, 1.54) is 0 Å². The molecule has 15 heavy (non-hydrogen) atoms. The highest BCUT2D eigenvalue weighted by Gasteiger charge is 1.81. The Kier molecular flexibility index (Phi) is 5.44. The molecule has 2 rings (SSSR count). The number of hydrogen-bond donors (Lipinski definition) is 1. The molecule has 0 saturated heterocycles. The SMILES string of the molecule is Clc1ccccc1.NCc1ccccn1. The molecule has 0 spiro atoms. The Balaban J connectivity index is 0.000000151. The molecule has 78 valence electrons. The molecule has 0 atom stereocenters. The highest BCUT2D eigenvalue weighted by atomic mass is 35.5. The lowest BCUT2D eigenvalue weighted by Crippen LogP contribution is -1.97. The van der Waals surface area contributed by atoms with E-state index in [1.54, 1.807) is 6.20 Å². The molecule has 1 heterocycles. The van der Waals surface area contributed by atoms with E-state index < -0.39 is 0 Å². The van der Waals surface area contributed by atoms with E-state index in [0.717, 1.165) is 10.7 Å². The van der Waals surface area contributed by atoms with Crippen LogP contribution in [0, 0.1) is 0 Å². The lowest BCUT2D eigenvalue weighted by atomic mass is 10.4. The fourth-order valence-electron chi connectivity index (χ4n) is 0.934. The van der Waals surface area contributed by atoms with Gasteiger partial charge in [0.1, 0.15) is 0 Å². The molecule has 2 aromatic rings. The van der Waals surface area contributed by atoms with Gasteiger partial charge in [0.25, 0.3) is 0 Å². The minimum absolute atomic E-state index is 0.529. The molecule has 0 aliphatic rings. The molecule has 0 saturated carbocycles. The first-order chi connectivity index (χ1) is 7.33. The molecule has 0 amide bonds. The van der Waals surface area contributed by atoms with Crippen LogP contribution < -0.4 is 5.73 Å². The maximum atomic E-state index is 5.54. The normalized spacial score (nSPS) is 8.93. The Morgan fingerprint density at radius 3 is 2.00 bits per heavy atom. The first kappa shape index (κ1) is 11.7. The Morgan fingerprint density at radius 1 is 1.00 bits per heavy atom. The summed E-state index contributed by atoms with van der Waals surface area (Å²) < 4.78 is 0. The third-order valence-electron chi connectivity index (χ3n) is 1.67. The van der Waals surface area contributed by atoms with Gasteiger partial charge in [-0.3, -0.25) is 4.98 Å². The summed E-state index contributed by atoms with van der Waals surface area (Å²) in [5, 5.41) is 0.794. The molecule has 2 nitrogen and oxygen atoms in total. The van der Waals surface area contributed by atoms with E-state index in [0.29, 0.717) is 6.54 Å². The Labute approximate surface area is 94.7 Å². The smallest absolute Gasteiger partial charge is 0.0539 e. The molecule has 3 heteroatoms. The average Bonchev–Trinajstić information content (AvgIpc) is 2.32. The van der Waals surface area contributed by atoms with Crippen LogP contribution >= 0.6 is 11.6 Å². The monoisotopic (exact) mass is 220 g/mol. The van der Waals surface area contributed by atoms with Gasteiger partial charge in [-0.05, 0) is 24.3 Å². The lowest BCUT2D eigenvalue weighted by Gasteiger charge is -1.89. The number of nitrogens with two attached hydrogens (primary N) is 1. The summed E-state index contributed by atoms with van der Waals surface area (Å²) in [6.45, 7) is 0.529. The van der Waals surface area contributed by atoms with Crippen molar-refractivity contribution in [3.8, 4) is 0 Å². The zero-order valence-corrected chi connectivity index (χ0v) is 9.06. The van der Waals surface area contributed by atoms with Crippen LogP contribution in [0.4, 0.5) is 0 Å². The van der Waals surface area contributed by atoms with Gasteiger partial charge in [0, 0.05) is 17.8 Å². The van der Waals surface area contributed by atoms with Gasteiger partial charge in [-0.2, -0.15) is 0 Å². The van der Waals surface area contributed by atoms with Gasteiger partial charge < -0.3 is 5.73 Å². The van der Waals surface area contributed by atoms with Gasteiger partial charge in [-0.15, -0.1) is 0 Å². The van der Waals surface area contributed by atoms with Gasteiger partial charge in [-0.1, -0.05) is 35.9 Å². The van der Waals surface area contributed by atoms with Crippen LogP contribution in [0.1, 0.15) is 5.69 Å². The summed E-state index contributed by atoms with van der Waals surface area (Å²) >= 11 is 5.54. The highest BCUT2D eigenvalue weighted by Crippen LogP contribution is 2.03. The van der Waals surface area contributed by atoms with Crippen molar-refractivity contribution in [3.05, 3.63) is 65.4 Å². The van der Waals surface area contributed by atoms with Gasteiger partial charge >= 0.3 is 0 Å². The van der Waals surface area contributed by atoms with E-state index in [2.05, 4.69) is 4.98 Å². The van der Waals surface area contributed by atoms with E-state index >= 15 is 0 Å². The average molecular weight is 221 g/mol. The van der Waals surface area contributed by atoms with E-state index in [1.807, 2.05) is 48.5 Å². The zero-order valence-electron chi connectivity index (χ0n) is 8.31. The van der Waals surface area contributed by atoms with E-state index in [-0.39, 0.29) is 0 Å². The molecular weight excluding hydrogens is 208 g/mol. The summed E-state index contributed by atoms with van der Waals surface area (Å²) in [4.78, 5) is 3.97. The Hall–Kier alpha value is -1.38. The minimum atomic E-state index is 0.529. The second kappa shape index (κ2) is 6.98. The maximum absolute atomic E-state index is 5.54. The van der Waals surface area contributed by atoms with Crippen LogP contribution in [-0.2, 0) is 6.54 Å². The molecule has 1 aromatic heterocycles. The van der Waals surface area contributed by atoms with Crippen molar-refractivity contribution in [2.75, 3.05) is 0 Å². The first-order valence-electron chi connectivity index (χ1n) is 4.63. The van der Waals surface area contributed by atoms with Crippen molar-refractivity contribution in [1.29, 1.82) is 0 Å². The number of aromatic nitrogens is 1. The van der Waals surface area contributed by atoms with Crippen molar-refractivity contribution in [2.24, 2.45) is 5.73 Å². The van der Waals surface area contributed by atoms with Crippen molar-refractivity contribution < 1.29 is 0 Å². The largest absolute Gasteiger partial charge is 0.325 e. The topological polar surface area (TPSA) is 38.9 Å². The molecule has 0 radical (unpaired) electrons. The standard InChI is InChI=1S/C6H5Cl.C6H8N2/c7-6-4-2-1-3-5-6;7-5-6-3-1-2-4-8-6/h1-5H;1-4H,5,7H2. The fourth-order valence-corrected chi connectivity index (χ4v) is 1.08. The molecule has 1 aromatic carbocycles. The third-order valence-corrected chi connectivity index (χ3v) is 1.92. The summed E-state index contributed by atoms with van der Waals surface area (Å²) in [7, 11) is 0. The molecule has 0 aliphatic carbocycles. The van der Waals surface area contributed by atoms with Gasteiger partial charge in [0.2, 0.25) is 0 Å². The predicted molar refractivity (Wildman–Crippen MR) is 63.6 cm³/mol. The summed E-state index contributed by atoms with van der Waals surface area (Å²) in [6, 6.07) is 15.1. The van der Waals surface area contributed by atoms with Crippen LogP contribution in [0.25, 0.3) is 0 Å². The molecule has 0 unspecified atom stereocenters. The van der Waals surface area contributed by atoms with Gasteiger partial charge in [0.05, 0.1) is 5.69 Å². The van der Waals surface area contributed by atoms with Crippen LogP contribution in [0.2, 0.25) is 5.02 Å². The van der Waals surface area contributed by atoms with Gasteiger partial charge in [-0.25, -0.2) is 0 Å². The number of halogens is 1. The minimum Gasteiger partial charge on any atom is -0.325 e. The zero-order chi connectivity index (χ0) is 10.9. The highest BCUT2D eigenvalue weighted by molar-refractivity contribution is 6.30. The van der Waals surface area contributed by atoms with Crippen molar-refractivity contribution in [1.82, 2.24) is 4.98 Å². The molecule has 0 bridgehead atoms.